The van der Waals surface area contributed by atoms with Gasteiger partial charge in [-0.15, -0.1) is 0 Å². The van der Waals surface area contributed by atoms with Gasteiger partial charge in [0.15, 0.2) is 6.29 Å². The molecule has 0 aliphatic carbocycles. The summed E-state index contributed by atoms with van der Waals surface area (Å²) in [7, 11) is 0. The summed E-state index contributed by atoms with van der Waals surface area (Å²) < 4.78 is 0. The Morgan fingerprint density at radius 1 is 0.737 bits per heavy atom. The third-order valence-electron chi connectivity index (χ3n) is 3.51. The number of benzene rings is 2. The first-order valence-corrected chi connectivity index (χ1v) is 6.46. The maximum Gasteiger partial charge on any atom is 0.151 e. The van der Waals surface area contributed by atoms with Gasteiger partial charge in [-0.05, 0) is 11.1 Å². The van der Waals surface area contributed by atoms with Crippen molar-refractivity contribution in [1.82, 2.24) is 10.6 Å². The van der Waals surface area contributed by atoms with Crippen LogP contribution in [0.25, 0.3) is 0 Å². The molecular formula is C16H16N2O. The smallest absolute Gasteiger partial charge is 0.151 e. The van der Waals surface area contributed by atoms with Gasteiger partial charge in [0.25, 0.3) is 0 Å². The molecule has 3 nitrogen and oxygen atoms in total. The van der Waals surface area contributed by atoms with E-state index < -0.39 is 0 Å². The zero-order valence-corrected chi connectivity index (χ0v) is 10.5. The lowest BCUT2D eigenvalue weighted by Crippen LogP contribution is -2.33. The molecule has 3 heteroatoms. The number of hydrogen-bond donors (Lipinski definition) is 2. The van der Waals surface area contributed by atoms with Crippen molar-refractivity contribution in [3.8, 4) is 0 Å². The quantitative estimate of drug-likeness (QED) is 0.823. The zero-order chi connectivity index (χ0) is 13.1. The largest absolute Gasteiger partial charge is 0.300 e. The lowest BCUT2D eigenvalue weighted by molar-refractivity contribution is -0.109. The molecule has 0 saturated carbocycles. The minimum absolute atomic E-state index is 0.110. The first kappa shape index (κ1) is 12.1. The Bertz CT molecular complexity index is 494. The number of aldehydes is 1. The highest BCUT2D eigenvalue weighted by atomic mass is 16.1. The Kier molecular flexibility index (Phi) is 3.40. The molecule has 2 N–H and O–H groups in total. The Hall–Kier alpha value is -1.97. The van der Waals surface area contributed by atoms with E-state index in [1.165, 1.54) is 11.1 Å². The molecule has 1 fully saturated rings. The van der Waals surface area contributed by atoms with Crippen molar-refractivity contribution in [1.29, 1.82) is 0 Å². The molecular weight excluding hydrogens is 236 g/mol. The predicted octanol–water partition coefficient (Wildman–Crippen LogP) is 2.19. The molecule has 96 valence electrons. The first-order chi connectivity index (χ1) is 9.38. The van der Waals surface area contributed by atoms with Gasteiger partial charge in [0.1, 0.15) is 6.17 Å². The highest BCUT2D eigenvalue weighted by Crippen LogP contribution is 2.32. The molecule has 0 amide bonds. The Balaban J connectivity index is 1.94. The van der Waals surface area contributed by atoms with Crippen molar-refractivity contribution in [2.24, 2.45) is 0 Å². The van der Waals surface area contributed by atoms with Crippen LogP contribution in [0.4, 0.5) is 0 Å². The van der Waals surface area contributed by atoms with Crippen LogP contribution in [0, 0.1) is 0 Å². The first-order valence-electron chi connectivity index (χ1n) is 6.46. The second kappa shape index (κ2) is 5.34. The summed E-state index contributed by atoms with van der Waals surface area (Å²) in [4.78, 5) is 11.0. The minimum Gasteiger partial charge on any atom is -0.300 e. The second-order valence-electron chi connectivity index (χ2n) is 4.72. The average molecular weight is 252 g/mol. The molecule has 1 aliphatic rings. The molecule has 19 heavy (non-hydrogen) atoms. The number of carbonyl (C=O) groups is 1. The van der Waals surface area contributed by atoms with Crippen LogP contribution in [0.15, 0.2) is 60.7 Å². The highest BCUT2D eigenvalue weighted by molar-refractivity contribution is 5.58. The van der Waals surface area contributed by atoms with Gasteiger partial charge in [0.05, 0.1) is 12.1 Å². The van der Waals surface area contributed by atoms with Gasteiger partial charge in [-0.25, -0.2) is 0 Å². The van der Waals surface area contributed by atoms with E-state index in [1.807, 2.05) is 36.4 Å². The highest BCUT2D eigenvalue weighted by Gasteiger charge is 2.34. The maximum atomic E-state index is 11.0. The number of carbonyl (C=O) groups excluding carboxylic acids is 1. The van der Waals surface area contributed by atoms with E-state index in [1.54, 1.807) is 0 Å². The van der Waals surface area contributed by atoms with Gasteiger partial charge in [-0.1, -0.05) is 60.7 Å². The van der Waals surface area contributed by atoms with Crippen molar-refractivity contribution < 1.29 is 4.79 Å². The lowest BCUT2D eigenvalue weighted by atomic mass is 9.95. The third-order valence-corrected chi connectivity index (χ3v) is 3.51. The monoisotopic (exact) mass is 252 g/mol. The summed E-state index contributed by atoms with van der Waals surface area (Å²) in [6.45, 7) is 0. The summed E-state index contributed by atoms with van der Waals surface area (Å²) in [5, 5.41) is 6.65. The van der Waals surface area contributed by atoms with Gasteiger partial charge in [0.2, 0.25) is 0 Å². The summed E-state index contributed by atoms with van der Waals surface area (Å²) in [5.41, 5.74) is 2.38. The predicted molar refractivity (Wildman–Crippen MR) is 74.5 cm³/mol. The van der Waals surface area contributed by atoms with Crippen molar-refractivity contribution in [2.45, 2.75) is 18.2 Å². The van der Waals surface area contributed by atoms with Gasteiger partial charge in [-0.3, -0.25) is 10.6 Å². The van der Waals surface area contributed by atoms with Gasteiger partial charge >= 0.3 is 0 Å². The van der Waals surface area contributed by atoms with E-state index in [9.17, 15) is 4.79 Å². The fourth-order valence-corrected chi connectivity index (χ4v) is 2.60. The fraction of sp³-hybridized carbons (Fsp3) is 0.188. The average Bonchev–Trinajstić information content (AvgIpc) is 2.93. The number of hydrogen-bond acceptors (Lipinski definition) is 3. The molecule has 1 saturated heterocycles. The van der Waals surface area contributed by atoms with E-state index in [0.717, 1.165) is 6.29 Å². The van der Waals surface area contributed by atoms with Crippen LogP contribution in [0.3, 0.4) is 0 Å². The Labute approximate surface area is 112 Å². The zero-order valence-electron chi connectivity index (χ0n) is 10.5. The molecule has 1 aliphatic heterocycles. The summed E-state index contributed by atoms with van der Waals surface area (Å²) >= 11 is 0. The molecule has 2 aromatic rings. The molecule has 3 atom stereocenters. The SMILES string of the molecule is O=CC1NC(c2ccccc2)[C@@H](c2ccccc2)N1. The van der Waals surface area contributed by atoms with E-state index in [0.29, 0.717) is 0 Å². The third kappa shape index (κ3) is 2.43. The van der Waals surface area contributed by atoms with Crippen LogP contribution >= 0.6 is 0 Å². The van der Waals surface area contributed by atoms with Crippen LogP contribution in [-0.4, -0.2) is 12.5 Å². The van der Waals surface area contributed by atoms with Gasteiger partial charge < -0.3 is 4.79 Å². The topological polar surface area (TPSA) is 41.1 Å². The lowest BCUT2D eigenvalue weighted by Gasteiger charge is -2.19. The summed E-state index contributed by atoms with van der Waals surface area (Å²) in [6, 6.07) is 20.6. The van der Waals surface area contributed by atoms with E-state index in [2.05, 4.69) is 34.9 Å². The molecule has 3 rings (SSSR count). The molecule has 1 heterocycles. The van der Waals surface area contributed by atoms with Crippen molar-refractivity contribution in [3.63, 3.8) is 0 Å². The second-order valence-corrected chi connectivity index (χ2v) is 4.72. The van der Waals surface area contributed by atoms with E-state index in [-0.39, 0.29) is 18.2 Å². The van der Waals surface area contributed by atoms with Crippen LogP contribution in [-0.2, 0) is 4.79 Å². The number of nitrogens with one attached hydrogen (secondary N) is 2. The normalized spacial score (nSPS) is 26.2. The molecule has 0 bridgehead atoms. The molecule has 0 radical (unpaired) electrons. The van der Waals surface area contributed by atoms with Crippen LogP contribution < -0.4 is 10.6 Å². The van der Waals surface area contributed by atoms with Crippen molar-refractivity contribution in [3.05, 3.63) is 71.8 Å². The standard InChI is InChI=1S/C16H16N2O/c19-11-14-17-15(12-7-3-1-4-8-12)16(18-14)13-9-5-2-6-10-13/h1-11,14-18H/t14?,15-,16?/m1/s1. The molecule has 2 unspecified atom stereocenters. The van der Waals surface area contributed by atoms with E-state index in [4.69, 9.17) is 0 Å². The van der Waals surface area contributed by atoms with Gasteiger partial charge in [-0.2, -0.15) is 0 Å². The maximum absolute atomic E-state index is 11.0. The number of rotatable bonds is 3. The molecule has 2 aromatic carbocycles. The summed E-state index contributed by atoms with van der Waals surface area (Å²) in [6.07, 6.45) is 0.620. The van der Waals surface area contributed by atoms with Crippen LogP contribution in [0.2, 0.25) is 0 Å². The fourth-order valence-electron chi connectivity index (χ4n) is 2.60. The van der Waals surface area contributed by atoms with Crippen molar-refractivity contribution >= 4 is 6.29 Å². The molecule has 0 aromatic heterocycles. The Morgan fingerprint density at radius 3 is 1.53 bits per heavy atom. The van der Waals surface area contributed by atoms with Crippen LogP contribution in [0.5, 0.6) is 0 Å². The van der Waals surface area contributed by atoms with E-state index >= 15 is 0 Å². The summed E-state index contributed by atoms with van der Waals surface area (Å²) in [5.74, 6) is 0. The van der Waals surface area contributed by atoms with Crippen LogP contribution in [0.1, 0.15) is 23.2 Å². The molecule has 0 spiro atoms. The Morgan fingerprint density at radius 2 is 1.16 bits per heavy atom. The van der Waals surface area contributed by atoms with Gasteiger partial charge in [0, 0.05) is 0 Å². The van der Waals surface area contributed by atoms with Crippen molar-refractivity contribution in [2.75, 3.05) is 0 Å². The minimum atomic E-state index is -0.296.